The Bertz CT molecular complexity index is 130. The van der Waals surface area contributed by atoms with Crippen LogP contribution >= 0.6 is 0 Å². The van der Waals surface area contributed by atoms with Crippen LogP contribution in [0.4, 0.5) is 0 Å². The van der Waals surface area contributed by atoms with Crippen LogP contribution in [0.3, 0.4) is 0 Å². The Morgan fingerprint density at radius 2 is 2.00 bits per heavy atom. The zero-order chi connectivity index (χ0) is 9.52. The maximum atomic E-state index is 5.78. The monoisotopic (exact) mass is 187 g/mol. The second kappa shape index (κ2) is 6.35. The van der Waals surface area contributed by atoms with Crippen LogP contribution in [0.5, 0.6) is 0 Å². The highest BCUT2D eigenvalue weighted by Gasteiger charge is 2.21. The summed E-state index contributed by atoms with van der Waals surface area (Å²) in [6.45, 7) is 1.70. The van der Waals surface area contributed by atoms with E-state index in [0.29, 0.717) is 12.1 Å². The summed E-state index contributed by atoms with van der Waals surface area (Å²) in [6, 6.07) is 0.379. The van der Waals surface area contributed by atoms with Gasteiger partial charge < -0.3 is 15.2 Å². The van der Waals surface area contributed by atoms with Crippen LogP contribution in [-0.4, -0.2) is 32.5 Å². The van der Waals surface area contributed by atoms with Crippen LogP contribution in [0.15, 0.2) is 0 Å². The van der Waals surface area contributed by atoms with E-state index in [-0.39, 0.29) is 0 Å². The first-order valence-corrected chi connectivity index (χ1v) is 5.19. The molecular formula is C10H21NO2. The van der Waals surface area contributed by atoms with E-state index < -0.39 is 0 Å². The molecule has 2 atom stereocenters. The normalized spacial score (nSPS) is 28.2. The molecule has 2 N–H and O–H groups in total. The van der Waals surface area contributed by atoms with Crippen LogP contribution in [0.25, 0.3) is 0 Å². The molecule has 3 nitrogen and oxygen atoms in total. The van der Waals surface area contributed by atoms with Gasteiger partial charge in [0.15, 0.2) is 0 Å². The zero-order valence-electron chi connectivity index (χ0n) is 8.50. The molecule has 0 aromatic heterocycles. The quantitative estimate of drug-likeness (QED) is 0.638. The number of unbranched alkanes of at least 4 members (excludes halogenated alkanes) is 1. The molecule has 0 spiro atoms. The van der Waals surface area contributed by atoms with Crippen LogP contribution < -0.4 is 5.73 Å². The first kappa shape index (κ1) is 11.0. The average Bonchev–Trinajstić information content (AvgIpc) is 2.51. The van der Waals surface area contributed by atoms with E-state index in [2.05, 4.69) is 0 Å². The van der Waals surface area contributed by atoms with Crippen molar-refractivity contribution in [2.75, 3.05) is 20.3 Å². The molecular weight excluding hydrogens is 166 g/mol. The van der Waals surface area contributed by atoms with Gasteiger partial charge in [-0.2, -0.15) is 0 Å². The molecule has 3 heteroatoms. The van der Waals surface area contributed by atoms with Gasteiger partial charge in [-0.05, 0) is 32.1 Å². The van der Waals surface area contributed by atoms with Gasteiger partial charge in [0.2, 0.25) is 0 Å². The van der Waals surface area contributed by atoms with Gasteiger partial charge in [-0.3, -0.25) is 0 Å². The lowest BCUT2D eigenvalue weighted by atomic mass is 10.3. The number of hydrogen-bond acceptors (Lipinski definition) is 3. The summed E-state index contributed by atoms with van der Waals surface area (Å²) in [5, 5.41) is 0. The van der Waals surface area contributed by atoms with Crippen molar-refractivity contribution in [2.45, 2.75) is 44.2 Å². The van der Waals surface area contributed by atoms with E-state index >= 15 is 0 Å². The summed E-state index contributed by atoms with van der Waals surface area (Å²) in [6.07, 6.45) is 5.94. The molecule has 1 saturated carbocycles. The zero-order valence-corrected chi connectivity index (χ0v) is 8.50. The van der Waals surface area contributed by atoms with Gasteiger partial charge in [-0.25, -0.2) is 0 Å². The number of ether oxygens (including phenoxy) is 2. The van der Waals surface area contributed by atoms with Crippen molar-refractivity contribution in [3.05, 3.63) is 0 Å². The number of rotatable bonds is 6. The second-order valence-corrected chi connectivity index (χ2v) is 3.77. The summed E-state index contributed by atoms with van der Waals surface area (Å²) in [5.74, 6) is 0. The van der Waals surface area contributed by atoms with Crippen molar-refractivity contribution in [3.8, 4) is 0 Å². The maximum absolute atomic E-state index is 5.78. The van der Waals surface area contributed by atoms with Gasteiger partial charge in [0, 0.05) is 26.4 Å². The van der Waals surface area contributed by atoms with Crippen molar-refractivity contribution in [3.63, 3.8) is 0 Å². The van der Waals surface area contributed by atoms with Crippen molar-refractivity contribution < 1.29 is 9.47 Å². The molecule has 0 radical (unpaired) electrons. The minimum atomic E-state index is 0.379. The van der Waals surface area contributed by atoms with E-state index in [1.165, 1.54) is 0 Å². The summed E-state index contributed by atoms with van der Waals surface area (Å²) < 4.78 is 10.6. The van der Waals surface area contributed by atoms with E-state index in [9.17, 15) is 0 Å². The smallest absolute Gasteiger partial charge is 0.0590 e. The van der Waals surface area contributed by atoms with Crippen molar-refractivity contribution in [2.24, 2.45) is 5.73 Å². The lowest BCUT2D eigenvalue weighted by Gasteiger charge is -2.10. The third-order valence-electron chi connectivity index (χ3n) is 2.52. The first-order chi connectivity index (χ1) is 6.33. The van der Waals surface area contributed by atoms with Crippen LogP contribution in [0.1, 0.15) is 32.1 Å². The SMILES string of the molecule is COCCCCOC1CCC(N)C1. The van der Waals surface area contributed by atoms with Crippen molar-refractivity contribution in [1.82, 2.24) is 0 Å². The summed E-state index contributed by atoms with van der Waals surface area (Å²) in [7, 11) is 1.73. The molecule has 1 rings (SSSR count). The van der Waals surface area contributed by atoms with Gasteiger partial charge in [0.1, 0.15) is 0 Å². The first-order valence-electron chi connectivity index (χ1n) is 5.19. The molecule has 1 fully saturated rings. The molecule has 0 aliphatic heterocycles. The Morgan fingerprint density at radius 3 is 2.62 bits per heavy atom. The molecule has 13 heavy (non-hydrogen) atoms. The van der Waals surface area contributed by atoms with Gasteiger partial charge >= 0.3 is 0 Å². The fourth-order valence-electron chi connectivity index (χ4n) is 1.72. The van der Waals surface area contributed by atoms with Gasteiger partial charge in [-0.1, -0.05) is 0 Å². The second-order valence-electron chi connectivity index (χ2n) is 3.77. The van der Waals surface area contributed by atoms with E-state index in [4.69, 9.17) is 15.2 Å². The topological polar surface area (TPSA) is 44.5 Å². The summed E-state index contributed by atoms with van der Waals surface area (Å²) >= 11 is 0. The van der Waals surface area contributed by atoms with E-state index in [1.807, 2.05) is 0 Å². The van der Waals surface area contributed by atoms with Crippen LogP contribution in [0, 0.1) is 0 Å². The Hall–Kier alpha value is -0.120. The highest BCUT2D eigenvalue weighted by atomic mass is 16.5. The Labute approximate surface area is 80.6 Å². The number of hydrogen-bond donors (Lipinski definition) is 1. The van der Waals surface area contributed by atoms with E-state index in [0.717, 1.165) is 45.3 Å². The molecule has 0 bridgehead atoms. The molecule has 0 aromatic carbocycles. The van der Waals surface area contributed by atoms with Crippen molar-refractivity contribution in [1.29, 1.82) is 0 Å². The predicted octanol–water partition coefficient (Wildman–Crippen LogP) is 1.31. The lowest BCUT2D eigenvalue weighted by Crippen LogP contribution is -2.17. The Balaban J connectivity index is 1.88. The molecule has 2 unspecified atom stereocenters. The number of nitrogens with two attached hydrogens (primary N) is 1. The van der Waals surface area contributed by atoms with Gasteiger partial charge in [-0.15, -0.1) is 0 Å². The molecule has 1 aliphatic carbocycles. The summed E-state index contributed by atoms with van der Waals surface area (Å²) in [5.41, 5.74) is 5.78. The third-order valence-corrected chi connectivity index (χ3v) is 2.52. The highest BCUT2D eigenvalue weighted by Crippen LogP contribution is 2.20. The van der Waals surface area contributed by atoms with E-state index in [1.54, 1.807) is 7.11 Å². The molecule has 0 aromatic rings. The van der Waals surface area contributed by atoms with Crippen LogP contribution in [-0.2, 0) is 9.47 Å². The van der Waals surface area contributed by atoms with Gasteiger partial charge in [0.25, 0.3) is 0 Å². The number of methoxy groups -OCH3 is 1. The predicted molar refractivity (Wildman–Crippen MR) is 52.7 cm³/mol. The largest absolute Gasteiger partial charge is 0.385 e. The lowest BCUT2D eigenvalue weighted by molar-refractivity contribution is 0.0513. The molecule has 78 valence electrons. The fourth-order valence-corrected chi connectivity index (χ4v) is 1.72. The maximum Gasteiger partial charge on any atom is 0.0590 e. The fraction of sp³-hybridized carbons (Fsp3) is 1.00. The summed E-state index contributed by atoms with van der Waals surface area (Å²) in [4.78, 5) is 0. The Kier molecular flexibility index (Phi) is 5.35. The minimum absolute atomic E-state index is 0.379. The van der Waals surface area contributed by atoms with Crippen molar-refractivity contribution >= 4 is 0 Å². The molecule has 0 saturated heterocycles. The third kappa shape index (κ3) is 4.60. The van der Waals surface area contributed by atoms with Gasteiger partial charge in [0.05, 0.1) is 6.10 Å². The molecule has 0 heterocycles. The highest BCUT2D eigenvalue weighted by molar-refractivity contribution is 4.77. The molecule has 1 aliphatic rings. The standard InChI is InChI=1S/C10H21NO2/c1-12-6-2-3-7-13-10-5-4-9(11)8-10/h9-10H,2-8,11H2,1H3. The van der Waals surface area contributed by atoms with Crippen LogP contribution in [0.2, 0.25) is 0 Å². The molecule has 0 amide bonds. The Morgan fingerprint density at radius 1 is 1.23 bits per heavy atom. The minimum Gasteiger partial charge on any atom is -0.385 e. The average molecular weight is 187 g/mol.